The predicted octanol–water partition coefficient (Wildman–Crippen LogP) is 9.34. The number of benzene rings is 4. The van der Waals surface area contributed by atoms with Crippen molar-refractivity contribution in [2.45, 2.75) is 0 Å². The van der Waals surface area contributed by atoms with Crippen LogP contribution in [0.2, 0.25) is 0 Å². The third kappa shape index (κ3) is 3.18. The van der Waals surface area contributed by atoms with Crippen molar-refractivity contribution in [2.24, 2.45) is 0 Å². The van der Waals surface area contributed by atoms with Gasteiger partial charge in [-0.2, -0.15) is 0 Å². The number of nitrogens with zero attached hydrogens (tertiary/aromatic N) is 3. The lowest BCUT2D eigenvalue weighted by Gasteiger charge is -2.11. The Bertz CT molecular complexity index is 2030. The van der Waals surface area contributed by atoms with Crippen LogP contribution in [0.3, 0.4) is 0 Å². The van der Waals surface area contributed by atoms with Crippen LogP contribution < -0.4 is 0 Å². The lowest BCUT2D eigenvalue weighted by Crippen LogP contribution is -2.03. The highest BCUT2D eigenvalue weighted by molar-refractivity contribution is 7.37. The Hall–Kier alpha value is -4.32. The molecule has 0 radical (unpaired) electrons. The zero-order chi connectivity index (χ0) is 24.3. The van der Waals surface area contributed by atoms with Crippen LogP contribution in [0.4, 0.5) is 0 Å². The van der Waals surface area contributed by atoms with Gasteiger partial charge in [0.1, 0.15) is 0 Å². The summed E-state index contributed by atoms with van der Waals surface area (Å²) in [7, 11) is 0. The van der Waals surface area contributed by atoms with Gasteiger partial charge in [0.25, 0.3) is 0 Å². The first-order valence-corrected chi connectivity index (χ1v) is 13.8. The third-order valence-corrected chi connectivity index (χ3v) is 9.40. The lowest BCUT2D eigenvalue weighted by molar-refractivity contribution is 0.999. The summed E-state index contributed by atoms with van der Waals surface area (Å²) in [6, 6.07) is 40.2. The van der Waals surface area contributed by atoms with E-state index in [0.29, 0.717) is 5.95 Å². The largest absolute Gasteiger partial charge is 0.276 e. The monoisotopic (exact) mass is 509 g/mol. The standard InChI is InChI=1S/C32H19N3S2/c1-3-11-20(12-4-1)24-19-25(21-13-5-2-6-14-21)34-32(33-24)35-26-17-9-7-15-22(26)29-28(35)31-30(37-29)23-16-8-10-18-27(23)36-31/h1-19H. The molecule has 0 saturated heterocycles. The second-order valence-electron chi connectivity index (χ2n) is 9.06. The highest BCUT2D eigenvalue weighted by Crippen LogP contribution is 2.48. The van der Waals surface area contributed by atoms with Gasteiger partial charge in [-0.3, -0.25) is 4.57 Å². The average Bonchev–Trinajstić information content (AvgIpc) is 3.61. The highest BCUT2D eigenvalue weighted by Gasteiger charge is 2.22. The number of hydrogen-bond acceptors (Lipinski definition) is 4. The molecular weight excluding hydrogens is 491 g/mol. The summed E-state index contributed by atoms with van der Waals surface area (Å²) in [4.78, 5) is 10.3. The minimum Gasteiger partial charge on any atom is -0.276 e. The van der Waals surface area contributed by atoms with Crippen molar-refractivity contribution < 1.29 is 0 Å². The smallest absolute Gasteiger partial charge is 0.235 e. The number of hydrogen-bond donors (Lipinski definition) is 0. The summed E-state index contributed by atoms with van der Waals surface area (Å²) in [5, 5.41) is 2.56. The summed E-state index contributed by atoms with van der Waals surface area (Å²) in [5.74, 6) is 0.698. The van der Waals surface area contributed by atoms with Gasteiger partial charge < -0.3 is 0 Å². The molecular formula is C32H19N3S2. The Morgan fingerprint density at radius 2 is 1.11 bits per heavy atom. The second-order valence-corrected chi connectivity index (χ2v) is 11.1. The van der Waals surface area contributed by atoms with Crippen molar-refractivity contribution in [1.82, 2.24) is 14.5 Å². The molecule has 0 aliphatic carbocycles. The number of para-hydroxylation sites is 1. The van der Waals surface area contributed by atoms with Crippen LogP contribution in [0.5, 0.6) is 0 Å². The van der Waals surface area contributed by atoms with Gasteiger partial charge >= 0.3 is 0 Å². The Balaban J connectivity index is 1.51. The molecule has 37 heavy (non-hydrogen) atoms. The van der Waals surface area contributed by atoms with Gasteiger partial charge in [0.2, 0.25) is 5.95 Å². The van der Waals surface area contributed by atoms with Gasteiger partial charge in [0.15, 0.2) is 0 Å². The van der Waals surface area contributed by atoms with E-state index in [4.69, 9.17) is 9.97 Å². The second kappa shape index (κ2) is 8.10. The third-order valence-electron chi connectivity index (χ3n) is 6.85. The summed E-state index contributed by atoms with van der Waals surface area (Å²) in [6.45, 7) is 0. The summed E-state index contributed by atoms with van der Waals surface area (Å²) in [5.41, 5.74) is 6.32. The van der Waals surface area contributed by atoms with Crippen LogP contribution in [-0.4, -0.2) is 14.5 Å². The van der Waals surface area contributed by atoms with E-state index in [9.17, 15) is 0 Å². The molecule has 0 spiro atoms. The van der Waals surface area contributed by atoms with E-state index < -0.39 is 0 Å². The first kappa shape index (κ1) is 20.8. The fourth-order valence-electron chi connectivity index (χ4n) is 5.16. The molecule has 0 amide bonds. The molecule has 4 aromatic carbocycles. The van der Waals surface area contributed by atoms with Crippen LogP contribution in [-0.2, 0) is 0 Å². The van der Waals surface area contributed by atoms with Crippen molar-refractivity contribution in [1.29, 1.82) is 0 Å². The zero-order valence-electron chi connectivity index (χ0n) is 19.6. The van der Waals surface area contributed by atoms with Gasteiger partial charge in [0, 0.05) is 26.6 Å². The predicted molar refractivity (Wildman–Crippen MR) is 158 cm³/mol. The highest BCUT2D eigenvalue weighted by atomic mass is 32.1. The van der Waals surface area contributed by atoms with Crippen LogP contribution in [0.1, 0.15) is 0 Å². The molecule has 4 aromatic heterocycles. The summed E-state index contributed by atoms with van der Waals surface area (Å²) >= 11 is 3.74. The first-order chi connectivity index (χ1) is 18.3. The fraction of sp³-hybridized carbons (Fsp3) is 0. The van der Waals surface area contributed by atoms with Crippen molar-refractivity contribution in [3.63, 3.8) is 0 Å². The van der Waals surface area contributed by atoms with Crippen molar-refractivity contribution in [3.8, 4) is 28.5 Å². The van der Waals surface area contributed by atoms with Gasteiger partial charge in [-0.25, -0.2) is 9.97 Å². The van der Waals surface area contributed by atoms with Crippen LogP contribution in [0, 0.1) is 0 Å². The molecule has 0 N–H and O–H groups in total. The number of rotatable bonds is 3. The van der Waals surface area contributed by atoms with Gasteiger partial charge in [-0.15, -0.1) is 22.7 Å². The zero-order valence-corrected chi connectivity index (χ0v) is 21.3. The van der Waals surface area contributed by atoms with E-state index in [1.807, 2.05) is 34.8 Å². The van der Waals surface area contributed by atoms with E-state index in [2.05, 4.69) is 108 Å². The maximum absolute atomic E-state index is 5.17. The SMILES string of the molecule is c1ccc(-c2cc(-c3ccccc3)nc(-n3c4ccccc4c4sc5c6ccccc6sc5c43)n2)cc1. The van der Waals surface area contributed by atoms with E-state index in [1.54, 1.807) is 0 Å². The van der Waals surface area contributed by atoms with E-state index in [0.717, 1.165) is 28.0 Å². The van der Waals surface area contributed by atoms with Gasteiger partial charge in [-0.1, -0.05) is 97.1 Å². The fourth-order valence-corrected chi connectivity index (χ4v) is 7.93. The van der Waals surface area contributed by atoms with Crippen molar-refractivity contribution in [3.05, 3.63) is 115 Å². The minimum atomic E-state index is 0.698. The number of fused-ring (bicyclic) bond motifs is 7. The summed E-state index contributed by atoms with van der Waals surface area (Å²) < 4.78 is 7.52. The van der Waals surface area contributed by atoms with E-state index in [1.165, 1.54) is 35.1 Å². The molecule has 8 rings (SSSR count). The molecule has 0 saturated carbocycles. The lowest BCUT2D eigenvalue weighted by atomic mass is 10.1. The van der Waals surface area contributed by atoms with E-state index >= 15 is 0 Å². The van der Waals surface area contributed by atoms with Crippen molar-refractivity contribution in [2.75, 3.05) is 0 Å². The molecule has 0 fully saturated rings. The van der Waals surface area contributed by atoms with Gasteiger partial charge in [0.05, 0.1) is 36.5 Å². The molecule has 0 atom stereocenters. The molecule has 4 heterocycles. The first-order valence-electron chi connectivity index (χ1n) is 12.2. The number of aromatic nitrogens is 3. The van der Waals surface area contributed by atoms with Crippen LogP contribution in [0.25, 0.3) is 69.1 Å². The molecule has 0 bridgehead atoms. The van der Waals surface area contributed by atoms with Crippen LogP contribution in [0.15, 0.2) is 115 Å². The molecule has 0 unspecified atom stereocenters. The average molecular weight is 510 g/mol. The number of thiophene rings is 2. The minimum absolute atomic E-state index is 0.698. The maximum Gasteiger partial charge on any atom is 0.235 e. The quantitative estimate of drug-likeness (QED) is 0.237. The molecule has 8 aromatic rings. The van der Waals surface area contributed by atoms with E-state index in [-0.39, 0.29) is 0 Å². The topological polar surface area (TPSA) is 30.7 Å². The Morgan fingerprint density at radius 1 is 0.514 bits per heavy atom. The van der Waals surface area contributed by atoms with Crippen molar-refractivity contribution >= 4 is 63.3 Å². The molecule has 174 valence electrons. The molecule has 3 nitrogen and oxygen atoms in total. The van der Waals surface area contributed by atoms with Crippen LogP contribution >= 0.6 is 22.7 Å². The maximum atomic E-state index is 5.17. The molecule has 0 aliphatic rings. The Morgan fingerprint density at radius 3 is 1.81 bits per heavy atom. The molecule has 0 aliphatic heterocycles. The molecule has 5 heteroatoms. The normalized spacial score (nSPS) is 11.8. The summed E-state index contributed by atoms with van der Waals surface area (Å²) in [6.07, 6.45) is 0. The Labute approximate surface area is 220 Å². The Kier molecular flexibility index (Phi) is 4.56. The van der Waals surface area contributed by atoms with Gasteiger partial charge in [-0.05, 0) is 18.2 Å².